The first-order chi connectivity index (χ1) is 15.2. The minimum absolute atomic E-state index is 0.0275. The maximum Gasteiger partial charge on any atom is 0.249 e. The van der Waals surface area contributed by atoms with Crippen molar-refractivity contribution in [3.63, 3.8) is 0 Å². The Bertz CT molecular complexity index is 705. The summed E-state index contributed by atoms with van der Waals surface area (Å²) in [5, 5.41) is 3.32. The number of aromatic nitrogens is 1. The van der Waals surface area contributed by atoms with Gasteiger partial charge in [-0.2, -0.15) is 0 Å². The number of nitrogens with zero attached hydrogens (tertiary/aromatic N) is 2. The topological polar surface area (TPSA) is 62.3 Å². The van der Waals surface area contributed by atoms with Crippen molar-refractivity contribution >= 4 is 11.8 Å². The maximum atomic E-state index is 13.9. The van der Waals surface area contributed by atoms with Crippen molar-refractivity contribution in [2.45, 2.75) is 114 Å². The molecule has 5 heteroatoms. The number of pyridine rings is 1. The summed E-state index contributed by atoms with van der Waals surface area (Å²) in [6.07, 6.45) is 18.3. The standard InChI is InChI=1S/C26H39N3O2/c30-25(28-21-14-6-2-7-15-21)24(23-18-10-11-19-27-23)29(22-16-8-3-9-17-22)26(31)20-12-4-1-5-13-20/h10-11,18-22,24H,1-9,12-17H2,(H,28,30). The van der Waals surface area contributed by atoms with Crippen LogP contribution >= 0.6 is 0 Å². The summed E-state index contributed by atoms with van der Waals surface area (Å²) in [5.41, 5.74) is 0.713. The quantitative estimate of drug-likeness (QED) is 0.671. The minimum atomic E-state index is -0.611. The van der Waals surface area contributed by atoms with E-state index in [1.54, 1.807) is 6.20 Å². The first-order valence-electron chi connectivity index (χ1n) is 12.8. The van der Waals surface area contributed by atoms with E-state index >= 15 is 0 Å². The fourth-order valence-corrected chi connectivity index (χ4v) is 5.91. The monoisotopic (exact) mass is 425 g/mol. The molecule has 0 bridgehead atoms. The number of hydrogen-bond acceptors (Lipinski definition) is 3. The lowest BCUT2D eigenvalue weighted by Gasteiger charge is -2.42. The molecular weight excluding hydrogens is 386 g/mol. The van der Waals surface area contributed by atoms with Gasteiger partial charge in [0.2, 0.25) is 11.8 Å². The highest BCUT2D eigenvalue weighted by Gasteiger charge is 2.40. The van der Waals surface area contributed by atoms with Crippen molar-refractivity contribution in [2.75, 3.05) is 0 Å². The van der Waals surface area contributed by atoms with Crippen LogP contribution in [0.3, 0.4) is 0 Å². The van der Waals surface area contributed by atoms with E-state index in [1.807, 2.05) is 23.1 Å². The molecule has 0 aromatic carbocycles. The van der Waals surface area contributed by atoms with E-state index in [-0.39, 0.29) is 29.8 Å². The zero-order valence-corrected chi connectivity index (χ0v) is 18.9. The molecule has 3 fully saturated rings. The van der Waals surface area contributed by atoms with Crippen LogP contribution < -0.4 is 5.32 Å². The summed E-state index contributed by atoms with van der Waals surface area (Å²) in [7, 11) is 0. The normalized spacial score (nSPS) is 22.6. The summed E-state index contributed by atoms with van der Waals surface area (Å²) >= 11 is 0. The van der Waals surface area contributed by atoms with E-state index in [4.69, 9.17) is 0 Å². The summed E-state index contributed by atoms with van der Waals surface area (Å²) in [6, 6.07) is 5.51. The van der Waals surface area contributed by atoms with E-state index in [0.717, 1.165) is 64.2 Å². The third kappa shape index (κ3) is 5.67. The number of rotatable bonds is 6. The Morgan fingerprint density at radius 3 is 2.06 bits per heavy atom. The zero-order valence-electron chi connectivity index (χ0n) is 18.9. The van der Waals surface area contributed by atoms with Crippen LogP contribution in [-0.4, -0.2) is 33.8 Å². The van der Waals surface area contributed by atoms with Crippen LogP contribution in [0.5, 0.6) is 0 Å². The predicted molar refractivity (Wildman–Crippen MR) is 122 cm³/mol. The van der Waals surface area contributed by atoms with Crippen molar-refractivity contribution < 1.29 is 9.59 Å². The average molecular weight is 426 g/mol. The van der Waals surface area contributed by atoms with Crippen LogP contribution in [0.15, 0.2) is 24.4 Å². The average Bonchev–Trinajstić information content (AvgIpc) is 2.84. The third-order valence-electron chi connectivity index (χ3n) is 7.62. The van der Waals surface area contributed by atoms with Crippen LogP contribution in [0.25, 0.3) is 0 Å². The fourth-order valence-electron chi connectivity index (χ4n) is 5.91. The molecule has 1 heterocycles. The third-order valence-corrected chi connectivity index (χ3v) is 7.62. The minimum Gasteiger partial charge on any atom is -0.351 e. The first-order valence-corrected chi connectivity index (χ1v) is 12.8. The largest absolute Gasteiger partial charge is 0.351 e. The smallest absolute Gasteiger partial charge is 0.249 e. The van der Waals surface area contributed by atoms with Crippen molar-refractivity contribution in [1.29, 1.82) is 0 Å². The molecule has 0 spiro atoms. The fraction of sp³-hybridized carbons (Fsp3) is 0.731. The van der Waals surface area contributed by atoms with Crippen LogP contribution in [0.1, 0.15) is 108 Å². The summed E-state index contributed by atoms with van der Waals surface area (Å²) in [4.78, 5) is 34.2. The van der Waals surface area contributed by atoms with Gasteiger partial charge in [0.1, 0.15) is 0 Å². The van der Waals surface area contributed by atoms with Crippen molar-refractivity contribution in [3.05, 3.63) is 30.1 Å². The van der Waals surface area contributed by atoms with E-state index in [2.05, 4.69) is 10.3 Å². The molecule has 31 heavy (non-hydrogen) atoms. The summed E-state index contributed by atoms with van der Waals surface area (Å²) in [5.74, 6) is 0.228. The second kappa shape index (κ2) is 11.1. The van der Waals surface area contributed by atoms with Crippen LogP contribution in [-0.2, 0) is 9.59 Å². The Labute approximate surface area is 187 Å². The lowest BCUT2D eigenvalue weighted by atomic mass is 9.85. The number of hydrogen-bond donors (Lipinski definition) is 1. The Kier molecular flexibility index (Phi) is 7.98. The molecule has 1 unspecified atom stereocenters. The molecule has 1 aromatic heterocycles. The van der Waals surface area contributed by atoms with Gasteiger partial charge in [0, 0.05) is 24.2 Å². The van der Waals surface area contributed by atoms with Gasteiger partial charge in [-0.15, -0.1) is 0 Å². The first kappa shape index (κ1) is 22.3. The van der Waals surface area contributed by atoms with Crippen molar-refractivity contribution in [3.8, 4) is 0 Å². The number of amides is 2. The molecule has 3 aliphatic carbocycles. The summed E-state index contributed by atoms with van der Waals surface area (Å²) < 4.78 is 0. The van der Waals surface area contributed by atoms with Gasteiger partial charge in [0.15, 0.2) is 6.04 Å². The molecule has 1 N–H and O–H groups in total. The Morgan fingerprint density at radius 1 is 0.839 bits per heavy atom. The number of nitrogens with one attached hydrogen (secondary N) is 1. The highest BCUT2D eigenvalue weighted by Crippen LogP contribution is 2.35. The van der Waals surface area contributed by atoms with Gasteiger partial charge in [-0.3, -0.25) is 14.6 Å². The molecule has 2 amide bonds. The molecule has 4 rings (SSSR count). The molecule has 0 radical (unpaired) electrons. The van der Waals surface area contributed by atoms with Crippen molar-refractivity contribution in [2.24, 2.45) is 5.92 Å². The molecular formula is C26H39N3O2. The maximum absolute atomic E-state index is 13.9. The van der Waals surface area contributed by atoms with Crippen LogP contribution in [0.4, 0.5) is 0 Å². The SMILES string of the molecule is O=C(NC1CCCCC1)C(c1ccccn1)N(C(=O)C1CCCCC1)C1CCCCC1. The lowest BCUT2D eigenvalue weighted by Crippen LogP contribution is -2.53. The van der Waals surface area contributed by atoms with Gasteiger partial charge in [0.05, 0.1) is 5.69 Å². The Balaban J connectivity index is 1.64. The van der Waals surface area contributed by atoms with Gasteiger partial charge in [-0.25, -0.2) is 0 Å². The second-order valence-corrected chi connectivity index (χ2v) is 9.87. The van der Waals surface area contributed by atoms with Crippen LogP contribution in [0.2, 0.25) is 0 Å². The number of carbonyl (C=O) groups excluding carboxylic acids is 2. The second-order valence-electron chi connectivity index (χ2n) is 9.87. The molecule has 1 atom stereocenters. The Morgan fingerprint density at radius 2 is 1.45 bits per heavy atom. The van der Waals surface area contributed by atoms with E-state index in [1.165, 1.54) is 32.1 Å². The summed E-state index contributed by atoms with van der Waals surface area (Å²) in [6.45, 7) is 0. The number of carbonyl (C=O) groups is 2. The van der Waals surface area contributed by atoms with Crippen molar-refractivity contribution in [1.82, 2.24) is 15.2 Å². The highest BCUT2D eigenvalue weighted by atomic mass is 16.2. The van der Waals surface area contributed by atoms with Gasteiger partial charge in [-0.05, 0) is 50.7 Å². The van der Waals surface area contributed by atoms with E-state index < -0.39 is 6.04 Å². The highest BCUT2D eigenvalue weighted by molar-refractivity contribution is 5.89. The zero-order chi connectivity index (χ0) is 21.5. The van der Waals surface area contributed by atoms with Gasteiger partial charge < -0.3 is 10.2 Å². The van der Waals surface area contributed by atoms with Gasteiger partial charge in [0.25, 0.3) is 0 Å². The lowest BCUT2D eigenvalue weighted by molar-refractivity contribution is -0.149. The molecule has 5 nitrogen and oxygen atoms in total. The Hall–Kier alpha value is -1.91. The molecule has 3 saturated carbocycles. The predicted octanol–water partition coefficient (Wildman–Crippen LogP) is 5.31. The van der Waals surface area contributed by atoms with E-state index in [9.17, 15) is 9.59 Å². The van der Waals surface area contributed by atoms with E-state index in [0.29, 0.717) is 5.69 Å². The van der Waals surface area contributed by atoms with Gasteiger partial charge >= 0.3 is 0 Å². The molecule has 1 aromatic rings. The molecule has 0 aliphatic heterocycles. The van der Waals surface area contributed by atoms with Crippen LogP contribution in [0, 0.1) is 5.92 Å². The van der Waals surface area contributed by atoms with Gasteiger partial charge in [-0.1, -0.05) is 63.9 Å². The molecule has 0 saturated heterocycles. The molecule has 3 aliphatic rings. The molecule has 170 valence electrons.